The fourth-order valence-electron chi connectivity index (χ4n) is 6.67. The van der Waals surface area contributed by atoms with E-state index in [0.29, 0.717) is 0 Å². The molecule has 0 atom stereocenters. The van der Waals surface area contributed by atoms with Crippen LogP contribution in [0, 0.1) is 6.92 Å². The predicted octanol–water partition coefficient (Wildman–Crippen LogP) is 12.3. The molecule has 4 heteroatoms. The average molecular weight is 677 g/mol. The molecule has 0 amide bonds. The van der Waals surface area contributed by atoms with Crippen molar-refractivity contribution >= 4 is 58.4 Å². The number of hydrogen-bond donors (Lipinski definition) is 0. The van der Waals surface area contributed by atoms with Gasteiger partial charge in [0.25, 0.3) is 0 Å². The molecule has 264 valence electrons. The second-order valence-electron chi connectivity index (χ2n) is 12.9. The van der Waals surface area contributed by atoms with E-state index < -0.39 is 0 Å². The molecule has 0 unspecified atom stereocenters. The van der Waals surface area contributed by atoms with Gasteiger partial charge in [0.05, 0.1) is 0 Å². The van der Waals surface area contributed by atoms with Crippen LogP contribution in [-0.2, 0) is 0 Å². The first-order valence-electron chi connectivity index (χ1n) is 18.8. The van der Waals surface area contributed by atoms with Gasteiger partial charge in [0.15, 0.2) is 0 Å². The van der Waals surface area contributed by atoms with Crippen LogP contribution in [0.2, 0.25) is 0 Å². The molecule has 0 fully saturated rings. The zero-order valence-corrected chi connectivity index (χ0v) is 31.8. The van der Waals surface area contributed by atoms with Gasteiger partial charge in [0, 0.05) is 73.4 Å². The van der Waals surface area contributed by atoms with Gasteiger partial charge in [-0.15, -0.1) is 0 Å². The summed E-state index contributed by atoms with van der Waals surface area (Å²) in [6.07, 6.45) is 8.88. The molecular formula is C47H56N4. The topological polar surface area (TPSA) is 13.0 Å². The van der Waals surface area contributed by atoms with Crippen molar-refractivity contribution in [2.45, 2.75) is 48.5 Å². The molecule has 0 aromatic heterocycles. The zero-order valence-electron chi connectivity index (χ0n) is 31.8. The summed E-state index contributed by atoms with van der Waals surface area (Å²) < 4.78 is 0. The van der Waals surface area contributed by atoms with Crippen molar-refractivity contribution in [2.24, 2.45) is 0 Å². The Morgan fingerprint density at radius 3 is 1.16 bits per heavy atom. The first-order chi connectivity index (χ1) is 24.9. The van der Waals surface area contributed by atoms with E-state index in [1.54, 1.807) is 0 Å². The minimum absolute atomic E-state index is 0.977. The smallest absolute Gasteiger partial charge is 0.0462 e. The van der Waals surface area contributed by atoms with Crippen LogP contribution in [-0.4, -0.2) is 39.3 Å². The van der Waals surface area contributed by atoms with Gasteiger partial charge in [0.2, 0.25) is 0 Å². The van der Waals surface area contributed by atoms with E-state index in [-0.39, 0.29) is 0 Å². The van der Waals surface area contributed by atoms with Crippen molar-refractivity contribution in [1.82, 2.24) is 0 Å². The molecule has 4 nitrogen and oxygen atoms in total. The molecule has 0 radical (unpaired) electrons. The highest BCUT2D eigenvalue weighted by Gasteiger charge is 2.13. The van der Waals surface area contributed by atoms with Gasteiger partial charge in [-0.3, -0.25) is 0 Å². The third-order valence-corrected chi connectivity index (χ3v) is 9.79. The van der Waals surface area contributed by atoms with Crippen molar-refractivity contribution in [3.63, 3.8) is 0 Å². The van der Waals surface area contributed by atoms with Gasteiger partial charge < -0.3 is 19.6 Å². The van der Waals surface area contributed by atoms with Crippen LogP contribution in [0.25, 0.3) is 24.3 Å². The molecule has 0 aliphatic rings. The Kier molecular flexibility index (Phi) is 13.2. The maximum Gasteiger partial charge on any atom is 0.0462 e. The molecular weight excluding hydrogens is 621 g/mol. The van der Waals surface area contributed by atoms with Crippen LogP contribution in [0.4, 0.5) is 34.1 Å². The fraction of sp³-hybridized carbons (Fsp3) is 0.277. The van der Waals surface area contributed by atoms with Crippen LogP contribution in [0.15, 0.2) is 115 Å². The van der Waals surface area contributed by atoms with Crippen molar-refractivity contribution < 1.29 is 0 Å². The van der Waals surface area contributed by atoms with E-state index in [1.165, 1.54) is 44.9 Å². The number of anilines is 6. The monoisotopic (exact) mass is 676 g/mol. The molecule has 0 spiro atoms. The minimum Gasteiger partial charge on any atom is -0.372 e. The Balaban J connectivity index is 1.38. The third-order valence-electron chi connectivity index (χ3n) is 9.79. The van der Waals surface area contributed by atoms with Crippen LogP contribution >= 0.6 is 0 Å². The average Bonchev–Trinajstić information content (AvgIpc) is 3.17. The van der Waals surface area contributed by atoms with E-state index in [9.17, 15) is 0 Å². The molecule has 5 aromatic rings. The van der Waals surface area contributed by atoms with Crippen molar-refractivity contribution in [3.8, 4) is 0 Å². The standard InChI is InChI=1S/C47H56N4/c1-8-48(9-2)42-29-19-38(20-30-42)16-17-39-21-31-44(32-22-39)51(43-27-14-37(7)15-28-43)45-33-23-40(24-34-45)18-25-41-26-35-46(49(10-3)11-4)36-47(41)50(12-5)13-6/h14-36H,8-13H2,1-7H3. The molecule has 0 saturated heterocycles. The van der Waals surface area contributed by atoms with Crippen molar-refractivity contribution in [1.29, 1.82) is 0 Å². The van der Waals surface area contributed by atoms with Crippen LogP contribution in [0.1, 0.15) is 69.4 Å². The van der Waals surface area contributed by atoms with E-state index in [0.717, 1.165) is 56.3 Å². The van der Waals surface area contributed by atoms with E-state index in [2.05, 4.69) is 208 Å². The minimum atomic E-state index is 0.977. The van der Waals surface area contributed by atoms with Gasteiger partial charge >= 0.3 is 0 Å². The maximum absolute atomic E-state index is 2.45. The SMILES string of the molecule is CCN(CC)c1ccc(C=Cc2ccc(N(c3ccc(C)cc3)c3ccc(C=Cc4ccc(N(CC)CC)cc4N(CC)CC)cc3)cc2)cc1. The van der Waals surface area contributed by atoms with Crippen LogP contribution < -0.4 is 19.6 Å². The second-order valence-corrected chi connectivity index (χ2v) is 12.9. The van der Waals surface area contributed by atoms with Gasteiger partial charge in [-0.1, -0.05) is 84.5 Å². The van der Waals surface area contributed by atoms with Crippen LogP contribution in [0.5, 0.6) is 0 Å². The quantitative estimate of drug-likeness (QED) is 0.0964. The normalized spacial score (nSPS) is 11.4. The molecule has 0 heterocycles. The molecule has 51 heavy (non-hydrogen) atoms. The lowest BCUT2D eigenvalue weighted by molar-refractivity contribution is 0.851. The summed E-state index contributed by atoms with van der Waals surface area (Å²) in [5.41, 5.74) is 13.3. The Labute approximate surface area is 308 Å². The van der Waals surface area contributed by atoms with Gasteiger partial charge in [-0.2, -0.15) is 0 Å². The van der Waals surface area contributed by atoms with Crippen molar-refractivity contribution in [3.05, 3.63) is 143 Å². The van der Waals surface area contributed by atoms with Gasteiger partial charge in [-0.25, -0.2) is 0 Å². The highest BCUT2D eigenvalue weighted by Crippen LogP contribution is 2.35. The van der Waals surface area contributed by atoms with Crippen molar-refractivity contribution in [2.75, 3.05) is 58.9 Å². The summed E-state index contributed by atoms with van der Waals surface area (Å²) in [4.78, 5) is 9.56. The summed E-state index contributed by atoms with van der Waals surface area (Å²) in [6.45, 7) is 21.4. The largest absolute Gasteiger partial charge is 0.372 e. The molecule has 0 aliphatic carbocycles. The first kappa shape index (κ1) is 37.0. The summed E-state index contributed by atoms with van der Waals surface area (Å²) in [5.74, 6) is 0. The van der Waals surface area contributed by atoms with E-state index in [1.807, 2.05) is 0 Å². The predicted molar refractivity (Wildman–Crippen MR) is 227 cm³/mol. The zero-order chi connectivity index (χ0) is 36.2. The number of hydrogen-bond acceptors (Lipinski definition) is 4. The molecule has 0 saturated carbocycles. The Morgan fingerprint density at radius 1 is 0.373 bits per heavy atom. The maximum atomic E-state index is 2.45. The first-order valence-corrected chi connectivity index (χ1v) is 18.8. The number of nitrogens with zero attached hydrogens (tertiary/aromatic N) is 4. The summed E-state index contributed by atoms with van der Waals surface area (Å²) >= 11 is 0. The number of rotatable bonds is 16. The molecule has 0 N–H and O–H groups in total. The van der Waals surface area contributed by atoms with Gasteiger partial charge in [0.1, 0.15) is 0 Å². The Hall–Kier alpha value is -5.22. The Bertz CT molecular complexity index is 1840. The Morgan fingerprint density at radius 2 is 0.725 bits per heavy atom. The molecule has 0 aliphatic heterocycles. The fourth-order valence-corrected chi connectivity index (χ4v) is 6.67. The van der Waals surface area contributed by atoms with E-state index in [4.69, 9.17) is 0 Å². The number of benzene rings is 5. The summed E-state index contributed by atoms with van der Waals surface area (Å²) in [5, 5.41) is 0. The molecule has 5 rings (SSSR count). The number of aryl methyl sites for hydroxylation is 1. The summed E-state index contributed by atoms with van der Waals surface area (Å²) in [7, 11) is 0. The summed E-state index contributed by atoms with van der Waals surface area (Å²) in [6, 6.07) is 42.2. The van der Waals surface area contributed by atoms with Gasteiger partial charge in [-0.05, 0) is 131 Å². The second kappa shape index (κ2) is 18.1. The lowest BCUT2D eigenvalue weighted by atomic mass is 10.1. The lowest BCUT2D eigenvalue weighted by Gasteiger charge is -2.27. The van der Waals surface area contributed by atoms with E-state index >= 15 is 0 Å². The molecule has 5 aromatic carbocycles. The third kappa shape index (κ3) is 9.32. The van der Waals surface area contributed by atoms with Crippen LogP contribution in [0.3, 0.4) is 0 Å². The lowest BCUT2D eigenvalue weighted by Crippen LogP contribution is -2.25. The highest BCUT2D eigenvalue weighted by molar-refractivity contribution is 5.82. The molecule has 0 bridgehead atoms. The highest BCUT2D eigenvalue weighted by atomic mass is 15.1.